The monoisotopic (exact) mass is 251 g/mol. The molecular weight excluding hydrogens is 234 g/mol. The second-order valence-corrected chi connectivity index (χ2v) is 4.08. The maximum atomic E-state index is 11.8. The van der Waals surface area contributed by atoms with Crippen LogP contribution in [0.5, 0.6) is 0 Å². The predicted molar refractivity (Wildman–Crippen MR) is 66.0 cm³/mol. The Labute approximate surface area is 106 Å². The molecule has 0 aliphatic carbocycles. The summed E-state index contributed by atoms with van der Waals surface area (Å²) in [5.41, 5.74) is 0.912. The van der Waals surface area contributed by atoms with E-state index in [1.165, 1.54) is 14.0 Å². The van der Waals surface area contributed by atoms with Crippen molar-refractivity contribution in [2.24, 2.45) is 0 Å². The third-order valence-corrected chi connectivity index (χ3v) is 2.80. The number of carbonyl (C=O) groups is 2. The van der Waals surface area contributed by atoms with E-state index in [9.17, 15) is 9.59 Å². The highest BCUT2D eigenvalue weighted by atomic mass is 16.4. The number of aromatic nitrogens is 1. The predicted octanol–water partition coefficient (Wildman–Crippen LogP) is 1.26. The number of carboxylic acids is 1. The summed E-state index contributed by atoms with van der Waals surface area (Å²) in [7, 11) is 1.45. The van der Waals surface area contributed by atoms with Crippen molar-refractivity contribution in [1.82, 2.24) is 15.2 Å². The van der Waals surface area contributed by atoms with Gasteiger partial charge < -0.3 is 15.3 Å². The molecule has 2 unspecified atom stereocenters. The van der Waals surface area contributed by atoms with Gasteiger partial charge in [0.1, 0.15) is 6.04 Å². The van der Waals surface area contributed by atoms with E-state index in [0.29, 0.717) is 0 Å². The van der Waals surface area contributed by atoms with Gasteiger partial charge in [-0.05, 0) is 31.5 Å². The standard InChI is InChI=1S/C12H17N3O3/c1-8(10-4-6-13-7-5-10)14-12(18)15(3)9(2)11(16)17/h4-9H,1-3H3,(H,14,18)(H,16,17). The van der Waals surface area contributed by atoms with Gasteiger partial charge in [0.25, 0.3) is 0 Å². The summed E-state index contributed by atoms with van der Waals surface area (Å²) in [6.07, 6.45) is 3.28. The molecule has 1 heterocycles. The van der Waals surface area contributed by atoms with Gasteiger partial charge in [-0.15, -0.1) is 0 Å². The summed E-state index contributed by atoms with van der Waals surface area (Å²) in [5.74, 6) is -1.04. The highest BCUT2D eigenvalue weighted by molar-refractivity contribution is 5.82. The molecule has 1 aromatic heterocycles. The van der Waals surface area contributed by atoms with Gasteiger partial charge in [-0.2, -0.15) is 0 Å². The molecule has 0 aromatic carbocycles. The van der Waals surface area contributed by atoms with Gasteiger partial charge in [-0.3, -0.25) is 4.98 Å². The number of aliphatic carboxylic acids is 1. The van der Waals surface area contributed by atoms with Crippen LogP contribution in [0.15, 0.2) is 24.5 Å². The minimum absolute atomic E-state index is 0.205. The molecule has 0 bridgehead atoms. The molecule has 1 rings (SSSR count). The van der Waals surface area contributed by atoms with E-state index in [4.69, 9.17) is 5.11 Å². The normalized spacial score (nSPS) is 13.5. The number of nitrogens with one attached hydrogen (secondary N) is 1. The van der Waals surface area contributed by atoms with E-state index in [0.717, 1.165) is 10.5 Å². The maximum absolute atomic E-state index is 11.8. The largest absolute Gasteiger partial charge is 0.480 e. The van der Waals surface area contributed by atoms with Gasteiger partial charge in [-0.25, -0.2) is 9.59 Å². The minimum atomic E-state index is -1.04. The van der Waals surface area contributed by atoms with Crippen molar-refractivity contribution in [3.63, 3.8) is 0 Å². The van der Waals surface area contributed by atoms with Gasteiger partial charge in [-0.1, -0.05) is 0 Å². The Morgan fingerprint density at radius 2 is 1.89 bits per heavy atom. The Bertz CT molecular complexity index is 422. The Kier molecular flexibility index (Phi) is 4.65. The first kappa shape index (κ1) is 14.0. The number of amides is 2. The molecule has 6 heteroatoms. The number of carbonyl (C=O) groups excluding carboxylic acids is 1. The number of likely N-dealkylation sites (N-methyl/N-ethyl adjacent to an activating group) is 1. The van der Waals surface area contributed by atoms with E-state index in [1.807, 2.05) is 6.92 Å². The Morgan fingerprint density at radius 1 is 1.33 bits per heavy atom. The number of urea groups is 1. The lowest BCUT2D eigenvalue weighted by Crippen LogP contribution is -2.46. The maximum Gasteiger partial charge on any atom is 0.326 e. The molecule has 0 radical (unpaired) electrons. The van der Waals surface area contributed by atoms with Crippen molar-refractivity contribution in [3.8, 4) is 0 Å². The number of hydrogen-bond donors (Lipinski definition) is 2. The Hall–Kier alpha value is -2.11. The molecule has 0 aliphatic rings. The molecule has 18 heavy (non-hydrogen) atoms. The van der Waals surface area contributed by atoms with Crippen molar-refractivity contribution in [2.75, 3.05) is 7.05 Å². The molecule has 0 saturated heterocycles. The van der Waals surface area contributed by atoms with Gasteiger partial charge in [0.2, 0.25) is 0 Å². The summed E-state index contributed by atoms with van der Waals surface area (Å²) in [4.78, 5) is 27.6. The summed E-state index contributed by atoms with van der Waals surface area (Å²) >= 11 is 0. The lowest BCUT2D eigenvalue weighted by atomic mass is 10.1. The van der Waals surface area contributed by atoms with Gasteiger partial charge in [0, 0.05) is 19.4 Å². The van der Waals surface area contributed by atoms with Crippen LogP contribution in [0, 0.1) is 0 Å². The molecule has 6 nitrogen and oxygen atoms in total. The first-order chi connectivity index (χ1) is 8.43. The van der Waals surface area contributed by atoms with Gasteiger partial charge in [0.05, 0.1) is 6.04 Å². The SMILES string of the molecule is CC(NC(=O)N(C)C(C)C(=O)O)c1ccncc1. The summed E-state index contributed by atoms with van der Waals surface area (Å²) in [6, 6.07) is 2.10. The first-order valence-corrected chi connectivity index (χ1v) is 5.59. The molecule has 0 aliphatic heterocycles. The molecule has 2 N–H and O–H groups in total. The lowest BCUT2D eigenvalue weighted by molar-refractivity contribution is -0.141. The highest BCUT2D eigenvalue weighted by Crippen LogP contribution is 2.11. The fraction of sp³-hybridized carbons (Fsp3) is 0.417. The average molecular weight is 251 g/mol. The molecule has 98 valence electrons. The molecule has 1 aromatic rings. The molecule has 0 spiro atoms. The number of pyridine rings is 1. The fourth-order valence-corrected chi connectivity index (χ4v) is 1.36. The Morgan fingerprint density at radius 3 is 2.39 bits per heavy atom. The fourth-order valence-electron chi connectivity index (χ4n) is 1.36. The molecule has 0 fully saturated rings. The number of carboxylic acid groups (broad SMARTS) is 1. The number of nitrogens with zero attached hydrogens (tertiary/aromatic N) is 2. The zero-order valence-electron chi connectivity index (χ0n) is 10.6. The molecular formula is C12H17N3O3. The van der Waals surface area contributed by atoms with E-state index >= 15 is 0 Å². The third-order valence-electron chi connectivity index (χ3n) is 2.80. The van der Waals surface area contributed by atoms with E-state index in [1.54, 1.807) is 24.5 Å². The number of rotatable bonds is 4. The second kappa shape index (κ2) is 6.00. The zero-order chi connectivity index (χ0) is 13.7. The van der Waals surface area contributed by atoms with Crippen molar-refractivity contribution in [2.45, 2.75) is 25.9 Å². The summed E-state index contributed by atoms with van der Waals surface area (Å²) in [5, 5.41) is 11.6. The topological polar surface area (TPSA) is 82.5 Å². The van der Waals surface area contributed by atoms with Crippen LogP contribution in [0.4, 0.5) is 4.79 Å². The summed E-state index contributed by atoms with van der Waals surface area (Å²) in [6.45, 7) is 3.28. The van der Waals surface area contributed by atoms with Crippen LogP contribution in [0.2, 0.25) is 0 Å². The van der Waals surface area contributed by atoms with Crippen LogP contribution >= 0.6 is 0 Å². The van der Waals surface area contributed by atoms with Crippen molar-refractivity contribution >= 4 is 12.0 Å². The van der Waals surface area contributed by atoms with Crippen LogP contribution in [-0.4, -0.2) is 40.1 Å². The van der Waals surface area contributed by atoms with Crippen LogP contribution in [-0.2, 0) is 4.79 Å². The average Bonchev–Trinajstić information content (AvgIpc) is 2.37. The quantitative estimate of drug-likeness (QED) is 0.843. The van der Waals surface area contributed by atoms with Crippen LogP contribution in [0.3, 0.4) is 0 Å². The van der Waals surface area contributed by atoms with Crippen LogP contribution in [0.1, 0.15) is 25.5 Å². The highest BCUT2D eigenvalue weighted by Gasteiger charge is 2.22. The van der Waals surface area contributed by atoms with Gasteiger partial charge in [0.15, 0.2) is 0 Å². The van der Waals surface area contributed by atoms with E-state index in [2.05, 4.69) is 10.3 Å². The molecule has 0 saturated carbocycles. The van der Waals surface area contributed by atoms with Crippen LogP contribution in [0.25, 0.3) is 0 Å². The number of hydrogen-bond acceptors (Lipinski definition) is 3. The molecule has 2 amide bonds. The van der Waals surface area contributed by atoms with Crippen LogP contribution < -0.4 is 5.32 Å². The van der Waals surface area contributed by atoms with Gasteiger partial charge >= 0.3 is 12.0 Å². The minimum Gasteiger partial charge on any atom is -0.480 e. The van der Waals surface area contributed by atoms with Crippen molar-refractivity contribution < 1.29 is 14.7 Å². The third kappa shape index (κ3) is 3.44. The smallest absolute Gasteiger partial charge is 0.326 e. The van der Waals surface area contributed by atoms with E-state index < -0.39 is 18.0 Å². The zero-order valence-corrected chi connectivity index (χ0v) is 10.6. The van der Waals surface area contributed by atoms with Crippen molar-refractivity contribution in [3.05, 3.63) is 30.1 Å². The lowest BCUT2D eigenvalue weighted by Gasteiger charge is -2.24. The Balaban J connectivity index is 2.62. The first-order valence-electron chi connectivity index (χ1n) is 5.59. The summed E-state index contributed by atoms with van der Waals surface area (Å²) < 4.78 is 0. The second-order valence-electron chi connectivity index (χ2n) is 4.08. The molecule has 2 atom stereocenters. The van der Waals surface area contributed by atoms with E-state index in [-0.39, 0.29) is 6.04 Å². The van der Waals surface area contributed by atoms with Crippen molar-refractivity contribution in [1.29, 1.82) is 0 Å².